The first kappa shape index (κ1) is 15.5. The molecule has 2 aromatic rings. The molecule has 122 valence electrons. The smallest absolute Gasteiger partial charge is 0.322 e. The Morgan fingerprint density at radius 3 is 2.87 bits per heavy atom. The van der Waals surface area contributed by atoms with Crippen LogP contribution in [0.4, 0.5) is 19.3 Å². The summed E-state index contributed by atoms with van der Waals surface area (Å²) < 4.78 is 28.8. The minimum atomic E-state index is -0.772. The van der Waals surface area contributed by atoms with E-state index in [-0.39, 0.29) is 17.8 Å². The number of nitrogens with zero attached hydrogens (tertiary/aromatic N) is 2. The Morgan fingerprint density at radius 1 is 1.30 bits per heavy atom. The molecule has 0 aliphatic carbocycles. The van der Waals surface area contributed by atoms with Crippen molar-refractivity contribution in [2.75, 3.05) is 11.9 Å². The lowest BCUT2D eigenvalue weighted by molar-refractivity contribution is 0.163. The molecule has 0 unspecified atom stereocenters. The summed E-state index contributed by atoms with van der Waals surface area (Å²) in [6, 6.07) is 6.72. The lowest BCUT2D eigenvalue weighted by Gasteiger charge is -2.37. The van der Waals surface area contributed by atoms with Crippen molar-refractivity contribution in [2.45, 2.75) is 32.4 Å². The number of carbonyl (C=O) groups excluding carboxylic acids is 1. The summed E-state index contributed by atoms with van der Waals surface area (Å²) in [5.41, 5.74) is 1.08. The molecule has 6 heteroatoms. The van der Waals surface area contributed by atoms with Crippen LogP contribution in [0.2, 0.25) is 0 Å². The molecule has 0 radical (unpaired) electrons. The molecule has 2 amide bonds. The van der Waals surface area contributed by atoms with Crippen LogP contribution < -0.4 is 5.32 Å². The fourth-order valence-corrected chi connectivity index (χ4v) is 3.06. The lowest BCUT2D eigenvalue weighted by Crippen LogP contribution is -2.44. The summed E-state index contributed by atoms with van der Waals surface area (Å²) in [6.45, 7) is 3.33. The Labute approximate surface area is 133 Å². The van der Waals surface area contributed by atoms with Crippen molar-refractivity contribution in [3.05, 3.63) is 53.9 Å². The number of aromatic nitrogens is 1. The number of urea groups is 1. The highest BCUT2D eigenvalue weighted by molar-refractivity contribution is 5.89. The van der Waals surface area contributed by atoms with Crippen molar-refractivity contribution < 1.29 is 13.6 Å². The molecule has 0 fully saturated rings. The lowest BCUT2D eigenvalue weighted by atomic mass is 10.0. The van der Waals surface area contributed by atoms with Crippen molar-refractivity contribution >= 4 is 11.7 Å². The molecule has 0 bridgehead atoms. The second kappa shape index (κ2) is 6.40. The molecule has 3 rings (SSSR count). The topological polar surface area (TPSA) is 37.3 Å². The summed E-state index contributed by atoms with van der Waals surface area (Å²) in [5, 5.41) is 2.55. The van der Waals surface area contributed by atoms with Crippen LogP contribution in [-0.4, -0.2) is 22.0 Å². The van der Waals surface area contributed by atoms with Crippen molar-refractivity contribution in [1.82, 2.24) is 9.47 Å². The van der Waals surface area contributed by atoms with Crippen LogP contribution >= 0.6 is 0 Å². The molecule has 0 saturated carbocycles. The van der Waals surface area contributed by atoms with Gasteiger partial charge in [0.05, 0.1) is 11.7 Å². The van der Waals surface area contributed by atoms with Crippen LogP contribution in [-0.2, 0) is 6.54 Å². The Bertz CT molecular complexity index is 714. The first-order chi connectivity index (χ1) is 11.1. The summed E-state index contributed by atoms with van der Waals surface area (Å²) in [7, 11) is 0. The van der Waals surface area contributed by atoms with Gasteiger partial charge in [-0.15, -0.1) is 0 Å². The van der Waals surface area contributed by atoms with E-state index in [2.05, 4.69) is 16.8 Å². The first-order valence-corrected chi connectivity index (χ1v) is 7.78. The zero-order valence-corrected chi connectivity index (χ0v) is 12.9. The molecular formula is C17H19F2N3O. The van der Waals surface area contributed by atoms with Gasteiger partial charge >= 0.3 is 6.03 Å². The van der Waals surface area contributed by atoms with Gasteiger partial charge in [-0.3, -0.25) is 0 Å². The Balaban J connectivity index is 1.81. The van der Waals surface area contributed by atoms with Crippen molar-refractivity contribution in [3.8, 4) is 0 Å². The zero-order valence-electron chi connectivity index (χ0n) is 12.9. The quantitative estimate of drug-likeness (QED) is 0.906. The van der Waals surface area contributed by atoms with Crippen LogP contribution in [0.3, 0.4) is 0 Å². The number of hydrogen-bond acceptors (Lipinski definition) is 1. The number of hydrogen-bond donors (Lipinski definition) is 1. The van der Waals surface area contributed by atoms with Gasteiger partial charge in [-0.05, 0) is 30.7 Å². The minimum Gasteiger partial charge on any atom is -0.348 e. The van der Waals surface area contributed by atoms with Crippen LogP contribution in [0.15, 0.2) is 36.5 Å². The van der Waals surface area contributed by atoms with Crippen LogP contribution in [0.5, 0.6) is 0 Å². The monoisotopic (exact) mass is 319 g/mol. The van der Waals surface area contributed by atoms with Gasteiger partial charge in [-0.2, -0.15) is 0 Å². The minimum absolute atomic E-state index is 0.00685. The summed E-state index contributed by atoms with van der Waals surface area (Å²) >= 11 is 0. The van der Waals surface area contributed by atoms with Crippen LogP contribution in [0.1, 0.15) is 31.5 Å². The van der Waals surface area contributed by atoms with E-state index in [0.29, 0.717) is 13.1 Å². The number of carbonyl (C=O) groups is 1. The Kier molecular flexibility index (Phi) is 4.32. The summed E-state index contributed by atoms with van der Waals surface area (Å²) in [4.78, 5) is 14.3. The molecule has 1 atom stereocenters. The second-order valence-electron chi connectivity index (χ2n) is 5.68. The maximum absolute atomic E-state index is 13.7. The maximum atomic E-state index is 13.7. The van der Waals surface area contributed by atoms with Gasteiger partial charge in [0.1, 0.15) is 11.6 Å². The largest absolute Gasteiger partial charge is 0.348 e. The average Bonchev–Trinajstić information content (AvgIpc) is 2.99. The highest BCUT2D eigenvalue weighted by Crippen LogP contribution is 2.30. The van der Waals surface area contributed by atoms with Crippen molar-refractivity contribution in [1.29, 1.82) is 0 Å². The summed E-state index contributed by atoms with van der Waals surface area (Å²) in [6.07, 6.45) is 3.78. The fourth-order valence-electron chi connectivity index (χ4n) is 3.06. The van der Waals surface area contributed by atoms with Gasteiger partial charge in [-0.25, -0.2) is 13.6 Å². The SMILES string of the molecule is CCC[C@H]1c2cccn2CCN1C(=O)Nc1ccc(F)cc1F. The second-order valence-corrected chi connectivity index (χ2v) is 5.68. The predicted molar refractivity (Wildman–Crippen MR) is 84.2 cm³/mol. The average molecular weight is 319 g/mol. The van der Waals surface area contributed by atoms with E-state index >= 15 is 0 Å². The molecule has 23 heavy (non-hydrogen) atoms. The normalized spacial score (nSPS) is 17.0. The van der Waals surface area contributed by atoms with E-state index in [9.17, 15) is 13.6 Å². The number of anilines is 1. The first-order valence-electron chi connectivity index (χ1n) is 7.78. The number of amides is 2. The van der Waals surface area contributed by atoms with Gasteiger partial charge in [0.2, 0.25) is 0 Å². The number of halogens is 2. The third-order valence-corrected chi connectivity index (χ3v) is 4.16. The van der Waals surface area contributed by atoms with Gasteiger partial charge < -0.3 is 14.8 Å². The molecule has 1 aromatic heterocycles. The van der Waals surface area contributed by atoms with Crippen molar-refractivity contribution in [3.63, 3.8) is 0 Å². The van der Waals surface area contributed by atoms with E-state index in [1.54, 1.807) is 4.90 Å². The molecule has 2 heterocycles. The van der Waals surface area contributed by atoms with Gasteiger partial charge in [0, 0.05) is 31.0 Å². The molecular weight excluding hydrogens is 300 g/mol. The molecule has 0 spiro atoms. The van der Waals surface area contributed by atoms with Gasteiger partial charge in [0.25, 0.3) is 0 Å². The third-order valence-electron chi connectivity index (χ3n) is 4.16. The van der Waals surface area contributed by atoms with E-state index in [1.807, 2.05) is 18.3 Å². The van der Waals surface area contributed by atoms with E-state index in [0.717, 1.165) is 30.7 Å². The van der Waals surface area contributed by atoms with Crippen molar-refractivity contribution in [2.24, 2.45) is 0 Å². The fraction of sp³-hybridized carbons (Fsp3) is 0.353. The standard InChI is InChI=1S/C17H19F2N3O/c1-2-4-16-15-5-3-8-21(15)9-10-22(16)17(23)20-14-7-6-12(18)11-13(14)19/h3,5-8,11,16H,2,4,9-10H2,1H3,(H,20,23)/t16-/m0/s1. The third kappa shape index (κ3) is 3.06. The van der Waals surface area contributed by atoms with E-state index < -0.39 is 11.6 Å². The summed E-state index contributed by atoms with van der Waals surface area (Å²) in [5.74, 6) is -1.44. The predicted octanol–water partition coefficient (Wildman–Crippen LogP) is 4.16. The highest BCUT2D eigenvalue weighted by atomic mass is 19.1. The molecule has 1 N–H and O–H groups in total. The Hall–Kier alpha value is -2.37. The Morgan fingerprint density at radius 2 is 2.13 bits per heavy atom. The number of nitrogens with one attached hydrogen (secondary N) is 1. The number of rotatable bonds is 3. The highest BCUT2D eigenvalue weighted by Gasteiger charge is 2.30. The van der Waals surface area contributed by atoms with E-state index in [4.69, 9.17) is 0 Å². The molecule has 1 aromatic carbocycles. The maximum Gasteiger partial charge on any atom is 0.322 e. The molecule has 4 nitrogen and oxygen atoms in total. The van der Waals surface area contributed by atoms with Crippen LogP contribution in [0, 0.1) is 11.6 Å². The van der Waals surface area contributed by atoms with Gasteiger partial charge in [0.15, 0.2) is 0 Å². The molecule has 1 aliphatic heterocycles. The zero-order chi connectivity index (χ0) is 16.4. The van der Waals surface area contributed by atoms with Crippen LogP contribution in [0.25, 0.3) is 0 Å². The van der Waals surface area contributed by atoms with Gasteiger partial charge in [-0.1, -0.05) is 13.3 Å². The number of benzene rings is 1. The molecule has 1 aliphatic rings. The number of fused-ring (bicyclic) bond motifs is 1. The van der Waals surface area contributed by atoms with E-state index in [1.165, 1.54) is 6.07 Å². The molecule has 0 saturated heterocycles.